The van der Waals surface area contributed by atoms with Crippen LogP contribution in [0.4, 0.5) is 28.9 Å². The van der Waals surface area contributed by atoms with E-state index in [9.17, 15) is 17.6 Å². The number of rotatable bonds is 6. The first-order valence-electron chi connectivity index (χ1n) is 10.6. The topological polar surface area (TPSA) is 24.1 Å². The molecule has 0 atom stereocenters. The molecule has 0 unspecified atom stereocenters. The van der Waals surface area contributed by atoms with E-state index < -0.39 is 11.7 Å². The SMILES string of the molecule is CSc1ccc(NCC(C)(C)C)cc1C(F)(F)F.CSc1ccc(NCC(C)(C)C)cc1F. The Morgan fingerprint density at radius 3 is 1.48 bits per heavy atom. The second kappa shape index (κ2) is 12.2. The third-order valence-electron chi connectivity index (χ3n) is 4.30. The van der Waals surface area contributed by atoms with Gasteiger partial charge in [0.25, 0.3) is 0 Å². The molecule has 0 radical (unpaired) electrons. The first-order chi connectivity index (χ1) is 15.1. The molecule has 0 spiro atoms. The molecule has 0 aliphatic heterocycles. The van der Waals surface area contributed by atoms with E-state index in [-0.39, 0.29) is 21.5 Å². The van der Waals surface area contributed by atoms with Crippen LogP contribution in [0, 0.1) is 16.6 Å². The van der Waals surface area contributed by atoms with E-state index in [1.807, 2.05) is 39.2 Å². The Hall–Kier alpha value is -1.54. The van der Waals surface area contributed by atoms with E-state index in [1.54, 1.807) is 18.4 Å². The average Bonchev–Trinajstić information content (AvgIpc) is 2.69. The van der Waals surface area contributed by atoms with E-state index in [0.29, 0.717) is 17.1 Å². The van der Waals surface area contributed by atoms with Gasteiger partial charge < -0.3 is 10.6 Å². The van der Waals surface area contributed by atoms with Gasteiger partial charge in [-0.05, 0) is 59.7 Å². The van der Waals surface area contributed by atoms with Gasteiger partial charge in [-0.3, -0.25) is 0 Å². The number of benzene rings is 2. The third-order valence-corrected chi connectivity index (χ3v) is 5.87. The quantitative estimate of drug-likeness (QED) is 0.303. The van der Waals surface area contributed by atoms with Crippen LogP contribution >= 0.6 is 23.5 Å². The van der Waals surface area contributed by atoms with Gasteiger partial charge in [0.1, 0.15) is 5.82 Å². The lowest BCUT2D eigenvalue weighted by Gasteiger charge is -2.20. The maximum Gasteiger partial charge on any atom is 0.417 e. The fourth-order valence-electron chi connectivity index (χ4n) is 2.55. The highest BCUT2D eigenvalue weighted by Gasteiger charge is 2.33. The molecule has 0 aromatic heterocycles. The maximum absolute atomic E-state index is 13.4. The highest BCUT2D eigenvalue weighted by Crippen LogP contribution is 2.37. The van der Waals surface area contributed by atoms with Crippen LogP contribution in [0.2, 0.25) is 0 Å². The summed E-state index contributed by atoms with van der Waals surface area (Å²) in [6, 6.07) is 9.66. The van der Waals surface area contributed by atoms with Gasteiger partial charge in [0.15, 0.2) is 0 Å². The fourth-order valence-corrected chi connectivity index (χ4v) is 3.61. The van der Waals surface area contributed by atoms with E-state index in [1.165, 1.54) is 23.9 Å². The van der Waals surface area contributed by atoms with Crippen LogP contribution in [-0.2, 0) is 6.18 Å². The van der Waals surface area contributed by atoms with Crippen LogP contribution in [0.3, 0.4) is 0 Å². The zero-order valence-corrected chi connectivity index (χ0v) is 22.3. The molecule has 0 heterocycles. The number of alkyl halides is 3. The summed E-state index contributed by atoms with van der Waals surface area (Å²) in [6.45, 7) is 14.0. The van der Waals surface area contributed by atoms with Gasteiger partial charge in [0, 0.05) is 34.3 Å². The van der Waals surface area contributed by atoms with Crippen molar-refractivity contribution < 1.29 is 17.6 Å². The molecule has 0 aliphatic rings. The first kappa shape index (κ1) is 29.5. The predicted molar refractivity (Wildman–Crippen MR) is 137 cm³/mol. The largest absolute Gasteiger partial charge is 0.417 e. The van der Waals surface area contributed by atoms with E-state index in [2.05, 4.69) is 31.4 Å². The molecule has 2 rings (SSSR count). The van der Waals surface area contributed by atoms with Crippen LogP contribution in [0.15, 0.2) is 46.2 Å². The highest BCUT2D eigenvalue weighted by atomic mass is 32.2. The predicted octanol–water partition coefficient (Wildman–Crippen LogP) is 8.89. The number of halogens is 4. The van der Waals surface area contributed by atoms with E-state index >= 15 is 0 Å². The van der Waals surface area contributed by atoms with Crippen molar-refractivity contribution in [3.63, 3.8) is 0 Å². The normalized spacial score (nSPS) is 12.1. The van der Waals surface area contributed by atoms with Crippen LogP contribution in [-0.4, -0.2) is 25.6 Å². The minimum atomic E-state index is -4.31. The number of thioether (sulfide) groups is 2. The fraction of sp³-hybridized carbons (Fsp3) is 0.520. The average molecular weight is 505 g/mol. The monoisotopic (exact) mass is 504 g/mol. The Balaban J connectivity index is 0.000000335. The number of hydrogen-bond acceptors (Lipinski definition) is 4. The van der Waals surface area contributed by atoms with Crippen LogP contribution in [0.25, 0.3) is 0 Å². The van der Waals surface area contributed by atoms with Crippen molar-refractivity contribution in [2.75, 3.05) is 36.2 Å². The van der Waals surface area contributed by atoms with Crippen molar-refractivity contribution in [1.29, 1.82) is 0 Å². The smallest absolute Gasteiger partial charge is 0.385 e. The lowest BCUT2D eigenvalue weighted by Crippen LogP contribution is -2.19. The van der Waals surface area contributed by atoms with Gasteiger partial charge in [-0.1, -0.05) is 41.5 Å². The van der Waals surface area contributed by atoms with Crippen LogP contribution in [0.5, 0.6) is 0 Å². The number of anilines is 2. The molecule has 2 N–H and O–H groups in total. The summed E-state index contributed by atoms with van der Waals surface area (Å²) in [6.07, 6.45) is -0.786. The molecule has 0 saturated heterocycles. The van der Waals surface area contributed by atoms with Crippen molar-refractivity contribution in [3.8, 4) is 0 Å². The van der Waals surface area contributed by atoms with Crippen molar-refractivity contribution in [1.82, 2.24) is 0 Å². The van der Waals surface area contributed by atoms with Crippen LogP contribution in [0.1, 0.15) is 47.1 Å². The van der Waals surface area contributed by atoms with Gasteiger partial charge >= 0.3 is 6.18 Å². The molecule has 33 heavy (non-hydrogen) atoms. The molecule has 8 heteroatoms. The van der Waals surface area contributed by atoms with Gasteiger partial charge in [-0.15, -0.1) is 23.5 Å². The molecule has 0 saturated carbocycles. The molecule has 186 valence electrons. The van der Waals surface area contributed by atoms with Gasteiger partial charge in [0.2, 0.25) is 0 Å². The Bertz CT molecular complexity index is 885. The van der Waals surface area contributed by atoms with Crippen molar-refractivity contribution >= 4 is 34.9 Å². The second-order valence-electron chi connectivity index (χ2n) is 10.1. The Morgan fingerprint density at radius 2 is 1.12 bits per heavy atom. The summed E-state index contributed by atoms with van der Waals surface area (Å²) < 4.78 is 52.0. The van der Waals surface area contributed by atoms with E-state index in [4.69, 9.17) is 0 Å². The molecule has 2 aromatic carbocycles. The summed E-state index contributed by atoms with van der Waals surface area (Å²) in [7, 11) is 0. The summed E-state index contributed by atoms with van der Waals surface area (Å²) in [5.41, 5.74) is 1.01. The second-order valence-corrected chi connectivity index (χ2v) is 11.8. The molecule has 0 amide bonds. The van der Waals surface area contributed by atoms with Crippen LogP contribution < -0.4 is 10.6 Å². The zero-order chi connectivity index (χ0) is 25.4. The highest BCUT2D eigenvalue weighted by molar-refractivity contribution is 7.98. The Labute approximate surface area is 204 Å². The summed E-state index contributed by atoms with van der Waals surface area (Å²) >= 11 is 2.53. The molecular weight excluding hydrogens is 468 g/mol. The lowest BCUT2D eigenvalue weighted by molar-refractivity contribution is -0.139. The summed E-state index contributed by atoms with van der Waals surface area (Å²) in [4.78, 5) is 0.945. The summed E-state index contributed by atoms with van der Waals surface area (Å²) in [5.74, 6) is -0.151. The minimum Gasteiger partial charge on any atom is -0.385 e. The molecule has 2 nitrogen and oxygen atoms in total. The van der Waals surface area contributed by atoms with Crippen molar-refractivity contribution in [2.45, 2.75) is 57.5 Å². The standard InChI is InChI=1S/C13H18F3NS.C12H18FNS/c1-12(2,3)8-17-9-5-6-11(18-4)10(7-9)13(14,15)16;1-12(2,3)8-14-9-5-6-11(15-4)10(13)7-9/h5-7,17H,8H2,1-4H3;5-7,14H,8H2,1-4H3. The summed E-state index contributed by atoms with van der Waals surface area (Å²) in [5, 5.41) is 6.27. The number of hydrogen-bond donors (Lipinski definition) is 2. The van der Waals surface area contributed by atoms with Gasteiger partial charge in [-0.2, -0.15) is 13.2 Å². The lowest BCUT2D eigenvalue weighted by atomic mass is 9.97. The van der Waals surface area contributed by atoms with Gasteiger partial charge in [0.05, 0.1) is 5.56 Å². The Morgan fingerprint density at radius 1 is 0.697 bits per heavy atom. The minimum absolute atomic E-state index is 0.0244. The van der Waals surface area contributed by atoms with Crippen molar-refractivity contribution in [2.24, 2.45) is 10.8 Å². The number of nitrogens with one attached hydrogen (secondary N) is 2. The molecule has 0 aliphatic carbocycles. The maximum atomic E-state index is 13.4. The molecule has 0 fully saturated rings. The van der Waals surface area contributed by atoms with Crippen molar-refractivity contribution in [3.05, 3.63) is 47.8 Å². The van der Waals surface area contributed by atoms with Gasteiger partial charge in [-0.25, -0.2) is 4.39 Å². The molecular formula is C25H36F4N2S2. The molecule has 2 aromatic rings. The zero-order valence-electron chi connectivity index (χ0n) is 20.7. The molecule has 0 bridgehead atoms. The Kier molecular flexibility index (Phi) is 10.9. The van der Waals surface area contributed by atoms with E-state index in [0.717, 1.165) is 24.0 Å². The first-order valence-corrected chi connectivity index (χ1v) is 13.1. The third kappa shape index (κ3) is 11.4.